The first-order valence-corrected chi connectivity index (χ1v) is 19.1. The van der Waals surface area contributed by atoms with E-state index in [9.17, 15) is 0 Å². The summed E-state index contributed by atoms with van der Waals surface area (Å²) < 4.78 is 0. The van der Waals surface area contributed by atoms with E-state index in [1.165, 1.54) is 55.6 Å². The number of aromatic nitrogens is 3. The number of fused-ring (bicyclic) bond motifs is 10. The molecule has 1 spiro atoms. The van der Waals surface area contributed by atoms with E-state index in [0.717, 1.165) is 40.7 Å². The summed E-state index contributed by atoms with van der Waals surface area (Å²) >= 11 is 0. The minimum Gasteiger partial charge on any atom is -0.208 e. The Balaban J connectivity index is 1.09. The molecule has 0 N–H and O–H groups in total. The smallest absolute Gasteiger partial charge is 0.164 e. The molecule has 3 aliphatic carbocycles. The molecule has 0 aliphatic heterocycles. The number of hydrogen-bond acceptors (Lipinski definition) is 3. The monoisotopic (exact) mass is 701 g/mol. The normalized spacial score (nSPS) is 14.2. The van der Waals surface area contributed by atoms with Gasteiger partial charge in [0.05, 0.1) is 5.41 Å². The van der Waals surface area contributed by atoms with Crippen LogP contribution in [0.4, 0.5) is 0 Å². The molecule has 3 heteroatoms. The quantitative estimate of drug-likeness (QED) is 0.179. The van der Waals surface area contributed by atoms with Crippen LogP contribution in [0.15, 0.2) is 188 Å². The van der Waals surface area contributed by atoms with Crippen LogP contribution in [0.3, 0.4) is 0 Å². The van der Waals surface area contributed by atoms with E-state index in [-0.39, 0.29) is 0 Å². The molecule has 0 saturated heterocycles. The van der Waals surface area contributed by atoms with E-state index in [0.29, 0.717) is 17.5 Å². The topological polar surface area (TPSA) is 38.7 Å². The van der Waals surface area contributed by atoms with Crippen LogP contribution in [0.25, 0.3) is 72.9 Å². The summed E-state index contributed by atoms with van der Waals surface area (Å²) in [6.07, 6.45) is 8.58. The van der Waals surface area contributed by atoms with Crippen molar-refractivity contribution in [2.45, 2.75) is 18.3 Å². The van der Waals surface area contributed by atoms with Crippen LogP contribution in [0.5, 0.6) is 0 Å². The van der Waals surface area contributed by atoms with Gasteiger partial charge in [-0.15, -0.1) is 0 Å². The molecule has 0 atom stereocenters. The molecule has 11 rings (SSSR count). The maximum absolute atomic E-state index is 5.17. The van der Waals surface area contributed by atoms with Gasteiger partial charge in [0, 0.05) is 16.7 Å². The molecule has 1 heterocycles. The Hall–Kier alpha value is -6.97. The maximum atomic E-state index is 5.17. The lowest BCUT2D eigenvalue weighted by atomic mass is 9.68. The molecule has 258 valence electrons. The average Bonchev–Trinajstić information content (AvgIpc) is 3.74. The fourth-order valence-electron chi connectivity index (χ4n) is 9.21. The zero-order valence-corrected chi connectivity index (χ0v) is 30.2. The summed E-state index contributed by atoms with van der Waals surface area (Å²) in [6, 6.07) is 61.5. The Morgan fingerprint density at radius 2 is 0.855 bits per heavy atom. The van der Waals surface area contributed by atoms with Gasteiger partial charge in [-0.3, -0.25) is 0 Å². The van der Waals surface area contributed by atoms with Gasteiger partial charge in [0.25, 0.3) is 0 Å². The molecule has 0 amide bonds. The van der Waals surface area contributed by atoms with Gasteiger partial charge in [-0.1, -0.05) is 182 Å². The Morgan fingerprint density at radius 3 is 1.53 bits per heavy atom. The molecule has 1 aromatic heterocycles. The van der Waals surface area contributed by atoms with Gasteiger partial charge in [-0.25, -0.2) is 15.0 Å². The molecular weight excluding hydrogens is 667 g/mol. The second kappa shape index (κ2) is 12.6. The van der Waals surface area contributed by atoms with E-state index in [1.807, 2.05) is 6.07 Å². The molecule has 0 fully saturated rings. The van der Waals surface area contributed by atoms with E-state index in [1.54, 1.807) is 0 Å². The lowest BCUT2D eigenvalue weighted by molar-refractivity contribution is 0.796. The Kier molecular flexibility index (Phi) is 7.21. The standard InChI is InChI=1S/C52H35N3/c1-3-15-34(16-4-1)35-29-31-37(32-30-35)50-53-49(36-17-5-2-6-18-36)54-51(55-50)39-20-13-19-38(33-39)40-24-14-25-44-43-23-9-12-28-47(43)52(48(40)44)45-26-10-7-21-41(45)42-22-8-11-27-46(42)52/h1,3-5,7-33H,2,6H2. The van der Waals surface area contributed by atoms with E-state index < -0.39 is 5.41 Å². The van der Waals surface area contributed by atoms with E-state index in [4.69, 9.17) is 15.0 Å². The average molecular weight is 702 g/mol. The van der Waals surface area contributed by atoms with Crippen molar-refractivity contribution in [2.75, 3.05) is 0 Å². The predicted molar refractivity (Wildman–Crippen MR) is 224 cm³/mol. The van der Waals surface area contributed by atoms with Crippen molar-refractivity contribution in [1.29, 1.82) is 0 Å². The molecule has 55 heavy (non-hydrogen) atoms. The van der Waals surface area contributed by atoms with Gasteiger partial charge in [0.2, 0.25) is 0 Å². The SMILES string of the molecule is C1=CC(c2nc(-c3ccc(-c4ccccc4)cc3)nc(-c3cccc(-c4cccc5c4C4(c6ccccc6-c6ccccc64)c4ccccc4-5)c3)n2)=CCC1. The zero-order chi connectivity index (χ0) is 36.3. The third-order valence-corrected chi connectivity index (χ3v) is 11.6. The number of nitrogens with zero attached hydrogens (tertiary/aromatic N) is 3. The molecule has 0 bridgehead atoms. The van der Waals surface area contributed by atoms with Crippen LogP contribution in [-0.4, -0.2) is 15.0 Å². The largest absolute Gasteiger partial charge is 0.208 e. The predicted octanol–water partition coefficient (Wildman–Crippen LogP) is 12.6. The Morgan fingerprint density at radius 1 is 0.364 bits per heavy atom. The third kappa shape index (κ3) is 4.86. The summed E-state index contributed by atoms with van der Waals surface area (Å²) in [7, 11) is 0. The summed E-state index contributed by atoms with van der Waals surface area (Å²) in [6.45, 7) is 0. The highest BCUT2D eigenvalue weighted by atomic mass is 15.0. The molecule has 8 aromatic rings. The molecule has 0 radical (unpaired) electrons. The van der Waals surface area contributed by atoms with Gasteiger partial charge in [-0.2, -0.15) is 0 Å². The minimum atomic E-state index is -0.440. The summed E-state index contributed by atoms with van der Waals surface area (Å²) in [5.41, 5.74) is 17.7. The lowest BCUT2D eigenvalue weighted by Gasteiger charge is -2.32. The summed E-state index contributed by atoms with van der Waals surface area (Å²) in [5, 5.41) is 0. The minimum absolute atomic E-state index is 0.440. The van der Waals surface area contributed by atoms with Crippen molar-refractivity contribution in [3.63, 3.8) is 0 Å². The second-order valence-corrected chi connectivity index (χ2v) is 14.6. The van der Waals surface area contributed by atoms with Crippen molar-refractivity contribution in [1.82, 2.24) is 15.0 Å². The van der Waals surface area contributed by atoms with Crippen molar-refractivity contribution < 1.29 is 0 Å². The maximum Gasteiger partial charge on any atom is 0.164 e. The molecule has 7 aromatic carbocycles. The molecule has 0 saturated carbocycles. The first-order chi connectivity index (χ1) is 27.3. The van der Waals surface area contributed by atoms with Gasteiger partial charge >= 0.3 is 0 Å². The van der Waals surface area contributed by atoms with Gasteiger partial charge in [-0.05, 0) is 85.7 Å². The number of hydrogen-bond donors (Lipinski definition) is 0. The molecule has 0 unspecified atom stereocenters. The first-order valence-electron chi connectivity index (χ1n) is 19.1. The van der Waals surface area contributed by atoms with Crippen LogP contribution in [0, 0.1) is 0 Å². The fourth-order valence-corrected chi connectivity index (χ4v) is 9.21. The van der Waals surface area contributed by atoms with Gasteiger partial charge < -0.3 is 0 Å². The number of benzene rings is 7. The van der Waals surface area contributed by atoms with E-state index >= 15 is 0 Å². The zero-order valence-electron chi connectivity index (χ0n) is 30.2. The van der Waals surface area contributed by atoms with Gasteiger partial charge in [0.15, 0.2) is 17.5 Å². The van der Waals surface area contributed by atoms with E-state index in [2.05, 4.69) is 182 Å². The summed E-state index contributed by atoms with van der Waals surface area (Å²) in [4.78, 5) is 15.4. The van der Waals surface area contributed by atoms with Crippen molar-refractivity contribution in [3.8, 4) is 67.3 Å². The van der Waals surface area contributed by atoms with Crippen LogP contribution < -0.4 is 0 Å². The highest BCUT2D eigenvalue weighted by Gasteiger charge is 2.52. The van der Waals surface area contributed by atoms with Crippen molar-refractivity contribution in [2.24, 2.45) is 0 Å². The Bertz CT molecular complexity index is 2800. The van der Waals surface area contributed by atoms with Crippen LogP contribution >= 0.6 is 0 Å². The van der Waals surface area contributed by atoms with Crippen molar-refractivity contribution in [3.05, 3.63) is 216 Å². The highest BCUT2D eigenvalue weighted by molar-refractivity contribution is 5.98. The number of rotatable bonds is 5. The van der Waals surface area contributed by atoms with Crippen LogP contribution in [0.2, 0.25) is 0 Å². The molecule has 3 nitrogen and oxygen atoms in total. The molecular formula is C52H35N3. The lowest BCUT2D eigenvalue weighted by Crippen LogP contribution is -2.26. The third-order valence-electron chi connectivity index (χ3n) is 11.6. The van der Waals surface area contributed by atoms with Crippen molar-refractivity contribution >= 4 is 5.57 Å². The highest BCUT2D eigenvalue weighted by Crippen LogP contribution is 2.64. The van der Waals surface area contributed by atoms with Crippen LogP contribution in [-0.2, 0) is 5.41 Å². The second-order valence-electron chi connectivity index (χ2n) is 14.6. The molecule has 3 aliphatic rings. The first kappa shape index (κ1) is 31.5. The van der Waals surface area contributed by atoms with Gasteiger partial charge in [0.1, 0.15) is 0 Å². The Labute approximate surface area is 321 Å². The summed E-state index contributed by atoms with van der Waals surface area (Å²) in [5.74, 6) is 2.03. The fraction of sp³-hybridized carbons (Fsp3) is 0.0577. The number of allylic oxidation sites excluding steroid dienone is 4. The van der Waals surface area contributed by atoms with Crippen LogP contribution in [0.1, 0.15) is 40.9 Å².